The lowest BCUT2D eigenvalue weighted by atomic mass is 10.1. The number of rotatable bonds is 12. The first kappa shape index (κ1) is 37.3. The van der Waals surface area contributed by atoms with E-state index in [1.807, 2.05) is 82.1 Å². The minimum atomic E-state index is -0.516. The minimum absolute atomic E-state index is 0.00291. The van der Waals surface area contributed by atoms with Crippen LogP contribution in [-0.4, -0.2) is 60.8 Å². The first-order valence-electron chi connectivity index (χ1n) is 16.4. The van der Waals surface area contributed by atoms with Gasteiger partial charge in [0.1, 0.15) is 17.6 Å². The fourth-order valence-electron chi connectivity index (χ4n) is 5.37. The maximum Gasteiger partial charge on any atom is 0.256 e. The maximum absolute atomic E-state index is 15.3. The van der Waals surface area contributed by atoms with E-state index in [-0.39, 0.29) is 17.2 Å². The fourth-order valence-corrected chi connectivity index (χ4v) is 5.37. The van der Waals surface area contributed by atoms with Gasteiger partial charge in [0.05, 0.1) is 11.3 Å². The van der Waals surface area contributed by atoms with Crippen LogP contribution in [0.4, 0.5) is 4.39 Å². The highest BCUT2D eigenvalue weighted by atomic mass is 19.1. The third kappa shape index (κ3) is 10.0. The number of hydrogen-bond acceptors (Lipinski definition) is 6. The van der Waals surface area contributed by atoms with Crippen LogP contribution >= 0.6 is 0 Å². The van der Waals surface area contributed by atoms with Gasteiger partial charge < -0.3 is 25.2 Å². The summed E-state index contributed by atoms with van der Waals surface area (Å²) in [6.45, 7) is 17.7. The number of ketones is 1. The number of halogens is 1. The van der Waals surface area contributed by atoms with Gasteiger partial charge in [0.15, 0.2) is 11.5 Å². The number of fused-ring (bicyclic) bond motifs is 2. The molecule has 0 spiro atoms. The molecule has 2 bridgehead atoms. The molecule has 1 aromatic carbocycles. The second-order valence-corrected chi connectivity index (χ2v) is 10.5. The largest absolute Gasteiger partial charge is 0.478 e. The molecular formula is C37H53FN4O3. The average Bonchev–Trinajstić information content (AvgIpc) is 3.44. The predicted molar refractivity (Wildman–Crippen MR) is 184 cm³/mol. The molecule has 2 aliphatic heterocycles. The Morgan fingerprint density at radius 1 is 1.00 bits per heavy atom. The molecule has 1 saturated heterocycles. The first-order valence-corrected chi connectivity index (χ1v) is 16.4. The molecule has 8 heteroatoms. The smallest absolute Gasteiger partial charge is 0.256 e. The summed E-state index contributed by atoms with van der Waals surface area (Å²) in [5, 5.41) is 7.95. The van der Waals surface area contributed by atoms with Crippen LogP contribution in [0.3, 0.4) is 0 Å². The highest BCUT2D eigenvalue weighted by Crippen LogP contribution is 2.35. The zero-order chi connectivity index (χ0) is 33.4. The highest BCUT2D eigenvalue weighted by Gasteiger charge is 2.31. The average molecular weight is 621 g/mol. The van der Waals surface area contributed by atoms with Gasteiger partial charge in [-0.1, -0.05) is 65.0 Å². The van der Waals surface area contributed by atoms with Crippen LogP contribution in [0.1, 0.15) is 73.6 Å². The molecule has 1 aliphatic carbocycles. The van der Waals surface area contributed by atoms with Gasteiger partial charge in [-0.05, 0) is 87.9 Å². The summed E-state index contributed by atoms with van der Waals surface area (Å²) in [6, 6.07) is 7.91. The molecule has 0 aromatic heterocycles. The van der Waals surface area contributed by atoms with Crippen LogP contribution in [0.2, 0.25) is 0 Å². The van der Waals surface area contributed by atoms with E-state index in [1.165, 1.54) is 20.0 Å². The minimum Gasteiger partial charge on any atom is -0.478 e. The lowest BCUT2D eigenvalue weighted by Gasteiger charge is -2.29. The van der Waals surface area contributed by atoms with Crippen molar-refractivity contribution < 1.29 is 18.7 Å². The van der Waals surface area contributed by atoms with E-state index in [2.05, 4.69) is 17.2 Å². The number of carbonyl (C=O) groups is 2. The van der Waals surface area contributed by atoms with Gasteiger partial charge in [0, 0.05) is 31.5 Å². The maximum atomic E-state index is 15.3. The number of allylic oxidation sites excluding steroid dienone is 3. The molecule has 246 valence electrons. The van der Waals surface area contributed by atoms with Gasteiger partial charge in [-0.15, -0.1) is 0 Å². The Balaban J connectivity index is 0.00000169. The molecule has 1 atom stereocenters. The van der Waals surface area contributed by atoms with Gasteiger partial charge in [-0.3, -0.25) is 9.59 Å². The van der Waals surface area contributed by atoms with Crippen molar-refractivity contribution in [1.82, 2.24) is 20.4 Å². The summed E-state index contributed by atoms with van der Waals surface area (Å²) in [7, 11) is 1.91. The number of unbranched alkanes of at least 4 members (excludes halogenated alkanes) is 2. The lowest BCUT2D eigenvalue weighted by Crippen LogP contribution is -2.31. The topological polar surface area (TPSA) is 73.9 Å². The van der Waals surface area contributed by atoms with E-state index in [0.717, 1.165) is 49.1 Å². The van der Waals surface area contributed by atoms with Crippen LogP contribution in [-0.2, 0) is 14.3 Å². The fraction of sp³-hybridized carbons (Fsp3) is 0.459. The summed E-state index contributed by atoms with van der Waals surface area (Å²) in [6.07, 6.45) is 13.2. The Morgan fingerprint density at radius 3 is 2.24 bits per heavy atom. The SMILES string of the molecule is C=CC1=C(/C(=C(\C)F)N2CCCC2)OC2C=C(C=c3ccccc3=C2)N1/C=C(\C(C)=O)C(=O)NCCCCCNC.CC.CC. The number of hydrogen-bond donors (Lipinski definition) is 2. The quantitative estimate of drug-likeness (QED) is 0.138. The molecule has 0 saturated carbocycles. The van der Waals surface area contributed by atoms with Gasteiger partial charge in [0.25, 0.3) is 5.91 Å². The molecule has 1 amide bonds. The number of amides is 1. The number of carbonyl (C=O) groups excluding carboxylic acids is 2. The molecule has 1 aromatic rings. The van der Waals surface area contributed by atoms with Crippen molar-refractivity contribution in [2.24, 2.45) is 0 Å². The summed E-state index contributed by atoms with van der Waals surface area (Å²) >= 11 is 0. The van der Waals surface area contributed by atoms with Crippen molar-refractivity contribution in [1.29, 1.82) is 0 Å². The first-order chi connectivity index (χ1) is 21.8. The van der Waals surface area contributed by atoms with E-state index in [0.29, 0.717) is 42.5 Å². The van der Waals surface area contributed by atoms with Crippen molar-refractivity contribution in [2.45, 2.75) is 79.8 Å². The van der Waals surface area contributed by atoms with Crippen molar-refractivity contribution in [3.8, 4) is 0 Å². The third-order valence-electron chi connectivity index (χ3n) is 7.43. The summed E-state index contributed by atoms with van der Waals surface area (Å²) < 4.78 is 21.9. The number of benzene rings is 1. The second-order valence-electron chi connectivity index (χ2n) is 10.5. The molecule has 0 radical (unpaired) electrons. The van der Waals surface area contributed by atoms with Gasteiger partial charge >= 0.3 is 0 Å². The standard InChI is InChI=1S/C33H41FN4O3.2C2H6/c1-5-30-32(31(23(2)34)37-17-11-12-18-37)41-28-20-26-14-8-7-13-25(26)19-27(21-28)38(30)22-29(24(3)39)33(40)36-16-10-6-9-15-35-4;2*1-2/h5,7-8,13-14,19-22,28,35H,1,6,9-12,15-18H2,2-4H3,(H,36,40);2*1-2H3/b29-22+,31-23-;;. The molecular weight excluding hydrogens is 567 g/mol. The molecule has 1 fully saturated rings. The Hall–Kier alpha value is -3.91. The normalized spacial score (nSPS) is 17.6. The van der Waals surface area contributed by atoms with E-state index in [4.69, 9.17) is 4.74 Å². The van der Waals surface area contributed by atoms with Crippen molar-refractivity contribution in [3.63, 3.8) is 0 Å². The van der Waals surface area contributed by atoms with E-state index in [1.54, 1.807) is 11.0 Å². The van der Waals surface area contributed by atoms with Crippen molar-refractivity contribution >= 4 is 23.8 Å². The van der Waals surface area contributed by atoms with E-state index < -0.39 is 12.0 Å². The Labute approximate surface area is 269 Å². The lowest BCUT2D eigenvalue weighted by molar-refractivity contribution is -0.121. The highest BCUT2D eigenvalue weighted by molar-refractivity contribution is 6.18. The number of likely N-dealkylation sites (tertiary alicyclic amines) is 1. The van der Waals surface area contributed by atoms with Crippen molar-refractivity contribution in [3.05, 3.63) is 93.9 Å². The van der Waals surface area contributed by atoms with Crippen LogP contribution in [0, 0.1) is 0 Å². The Bertz CT molecular complexity index is 1410. The van der Waals surface area contributed by atoms with Crippen molar-refractivity contribution in [2.75, 3.05) is 33.2 Å². The molecule has 45 heavy (non-hydrogen) atoms. The Kier molecular flexibility index (Phi) is 16.1. The van der Waals surface area contributed by atoms with Gasteiger partial charge in [-0.25, -0.2) is 4.39 Å². The molecule has 7 nitrogen and oxygen atoms in total. The van der Waals surface area contributed by atoms with Gasteiger partial charge in [0.2, 0.25) is 0 Å². The molecule has 2 N–H and O–H groups in total. The van der Waals surface area contributed by atoms with Crippen LogP contribution in [0.5, 0.6) is 0 Å². The van der Waals surface area contributed by atoms with Crippen LogP contribution in [0.15, 0.2) is 83.4 Å². The van der Waals surface area contributed by atoms with E-state index >= 15 is 4.39 Å². The molecule has 3 aliphatic rings. The number of Topliss-reactive ketones (excluding diaryl/α,β-unsaturated/α-hetero) is 1. The van der Waals surface area contributed by atoms with Crippen LogP contribution < -0.4 is 21.1 Å². The monoisotopic (exact) mass is 620 g/mol. The van der Waals surface area contributed by atoms with E-state index in [9.17, 15) is 9.59 Å². The molecule has 2 heterocycles. The number of nitrogens with one attached hydrogen (secondary N) is 2. The molecule has 4 rings (SSSR count). The third-order valence-corrected chi connectivity index (χ3v) is 7.43. The zero-order valence-electron chi connectivity index (χ0n) is 28.3. The predicted octanol–water partition coefficient (Wildman–Crippen LogP) is 5.57. The molecule has 1 unspecified atom stereocenters. The zero-order valence-corrected chi connectivity index (χ0v) is 28.3. The number of ether oxygens (including phenoxy) is 1. The summed E-state index contributed by atoms with van der Waals surface area (Å²) in [5.41, 5.74) is 1.52. The summed E-state index contributed by atoms with van der Waals surface area (Å²) in [4.78, 5) is 29.8. The second kappa shape index (κ2) is 19.5. The van der Waals surface area contributed by atoms with Gasteiger partial charge in [-0.2, -0.15) is 0 Å². The van der Waals surface area contributed by atoms with Crippen LogP contribution in [0.25, 0.3) is 12.2 Å². The Morgan fingerprint density at radius 2 is 1.64 bits per heavy atom. The summed E-state index contributed by atoms with van der Waals surface area (Å²) in [5.74, 6) is -0.860. The number of nitrogens with zero attached hydrogens (tertiary/aromatic N) is 2.